The summed E-state index contributed by atoms with van der Waals surface area (Å²) >= 11 is 0. The average molecular weight is 390 g/mol. The second-order valence-corrected chi connectivity index (χ2v) is 8.77. The van der Waals surface area contributed by atoms with E-state index in [2.05, 4.69) is 15.3 Å². The van der Waals surface area contributed by atoms with Crippen molar-refractivity contribution in [3.05, 3.63) is 41.7 Å². The number of rotatable bonds is 5. The van der Waals surface area contributed by atoms with Gasteiger partial charge in [-0.2, -0.15) is 0 Å². The molecule has 1 unspecified atom stereocenters. The molecule has 1 N–H and O–H groups in total. The average Bonchev–Trinajstić information content (AvgIpc) is 3.01. The fourth-order valence-electron chi connectivity index (χ4n) is 2.94. The molecule has 2 aromatic rings. The first-order chi connectivity index (χ1) is 12.8. The normalized spacial score (nSPS) is 18.1. The second kappa shape index (κ2) is 7.51. The number of hydrogen-bond donors (Lipinski definition) is 1. The monoisotopic (exact) mass is 390 g/mol. The number of anilines is 2. The summed E-state index contributed by atoms with van der Waals surface area (Å²) in [7, 11) is 0.311. The minimum atomic E-state index is -3.02. The van der Waals surface area contributed by atoms with Crippen LogP contribution >= 0.6 is 0 Å². The van der Waals surface area contributed by atoms with E-state index in [1.165, 1.54) is 0 Å². The van der Waals surface area contributed by atoms with Gasteiger partial charge < -0.3 is 15.0 Å². The molecule has 0 bridgehead atoms. The highest BCUT2D eigenvalue weighted by Gasteiger charge is 2.32. The van der Waals surface area contributed by atoms with Crippen molar-refractivity contribution in [3.63, 3.8) is 0 Å². The number of nitrogens with zero attached hydrogens (tertiary/aromatic N) is 3. The van der Waals surface area contributed by atoms with Gasteiger partial charge in [0.25, 0.3) is 5.91 Å². The number of aromatic nitrogens is 2. The Morgan fingerprint density at radius 1 is 1.26 bits per heavy atom. The van der Waals surface area contributed by atoms with Crippen LogP contribution in [0.3, 0.4) is 0 Å². The third-order valence-electron chi connectivity index (χ3n) is 4.49. The van der Waals surface area contributed by atoms with Crippen molar-refractivity contribution in [2.45, 2.75) is 19.4 Å². The van der Waals surface area contributed by atoms with Crippen molar-refractivity contribution in [2.24, 2.45) is 0 Å². The summed E-state index contributed by atoms with van der Waals surface area (Å²) in [5.41, 5.74) is 1.47. The van der Waals surface area contributed by atoms with Gasteiger partial charge in [0.15, 0.2) is 9.84 Å². The Hall–Kier alpha value is -2.68. The molecule has 1 aliphatic rings. The largest absolute Gasteiger partial charge is 0.497 e. The molecule has 27 heavy (non-hydrogen) atoms. The Bertz CT molecular complexity index is 944. The number of aryl methyl sites for hydroxylation is 1. The molecule has 0 saturated carbocycles. The van der Waals surface area contributed by atoms with Crippen molar-refractivity contribution >= 4 is 27.4 Å². The van der Waals surface area contributed by atoms with Crippen molar-refractivity contribution in [1.82, 2.24) is 9.97 Å². The van der Waals surface area contributed by atoms with E-state index in [1.54, 1.807) is 56.3 Å². The molecule has 2 heterocycles. The third kappa shape index (κ3) is 4.54. The van der Waals surface area contributed by atoms with Crippen molar-refractivity contribution in [1.29, 1.82) is 0 Å². The minimum absolute atomic E-state index is 0.0776. The number of ether oxygens (including phenoxy) is 1. The first kappa shape index (κ1) is 19.1. The van der Waals surface area contributed by atoms with E-state index in [4.69, 9.17) is 4.74 Å². The fourth-order valence-corrected chi connectivity index (χ4v) is 4.71. The Balaban J connectivity index is 1.78. The van der Waals surface area contributed by atoms with Crippen LogP contribution in [0.1, 0.15) is 22.6 Å². The highest BCUT2D eigenvalue weighted by atomic mass is 32.2. The number of carbonyl (C=O) groups excluding carboxylic acids is 1. The number of hydrogen-bond acceptors (Lipinski definition) is 7. The Morgan fingerprint density at radius 2 is 1.96 bits per heavy atom. The van der Waals surface area contributed by atoms with Gasteiger partial charge in [-0.1, -0.05) is 0 Å². The van der Waals surface area contributed by atoms with Gasteiger partial charge in [-0.3, -0.25) is 4.79 Å². The van der Waals surface area contributed by atoms with E-state index in [0.29, 0.717) is 29.5 Å². The molecule has 1 amide bonds. The number of sulfone groups is 1. The maximum atomic E-state index is 12.6. The maximum Gasteiger partial charge on any atom is 0.274 e. The lowest BCUT2D eigenvalue weighted by Crippen LogP contribution is -2.34. The zero-order valence-electron chi connectivity index (χ0n) is 15.5. The molecular formula is C18H22N4O4S. The van der Waals surface area contributed by atoms with Crippen LogP contribution in [-0.2, 0) is 9.84 Å². The standard InChI is InChI=1S/C18H22N4O4S/c1-12-10-16(17(23)20-13-4-6-15(26-3)7-5-13)21-18(19-12)22(2)14-8-9-27(24,25)11-14/h4-7,10,14H,8-9,11H2,1-3H3,(H,20,23). The summed E-state index contributed by atoms with van der Waals surface area (Å²) in [6.45, 7) is 1.77. The first-order valence-corrected chi connectivity index (χ1v) is 10.3. The van der Waals surface area contributed by atoms with E-state index >= 15 is 0 Å². The topological polar surface area (TPSA) is 101 Å². The van der Waals surface area contributed by atoms with Gasteiger partial charge in [-0.25, -0.2) is 18.4 Å². The van der Waals surface area contributed by atoms with E-state index in [-0.39, 0.29) is 29.1 Å². The van der Waals surface area contributed by atoms with Gasteiger partial charge in [0.2, 0.25) is 5.95 Å². The van der Waals surface area contributed by atoms with Crippen molar-refractivity contribution in [2.75, 3.05) is 35.9 Å². The molecule has 1 aromatic heterocycles. The van der Waals surface area contributed by atoms with Crippen LogP contribution in [0.4, 0.5) is 11.6 Å². The Labute approximate surface area is 158 Å². The predicted octanol–water partition coefficient (Wildman–Crippen LogP) is 1.67. The third-order valence-corrected chi connectivity index (χ3v) is 6.24. The molecule has 0 spiro atoms. The van der Waals surface area contributed by atoms with Crippen molar-refractivity contribution < 1.29 is 17.9 Å². The summed E-state index contributed by atoms with van der Waals surface area (Å²) in [4.78, 5) is 23.0. The number of carbonyl (C=O) groups is 1. The molecule has 1 aliphatic heterocycles. The number of methoxy groups -OCH3 is 1. The molecular weight excluding hydrogens is 368 g/mol. The fraction of sp³-hybridized carbons (Fsp3) is 0.389. The summed E-state index contributed by atoms with van der Waals surface area (Å²) in [6, 6.07) is 8.39. The van der Waals surface area contributed by atoms with Gasteiger partial charge in [0.05, 0.1) is 18.6 Å². The van der Waals surface area contributed by atoms with Crippen LogP contribution in [0.5, 0.6) is 5.75 Å². The van der Waals surface area contributed by atoms with Gasteiger partial charge in [-0.15, -0.1) is 0 Å². The lowest BCUT2D eigenvalue weighted by Gasteiger charge is -2.23. The molecule has 3 rings (SSSR count). The molecule has 1 fully saturated rings. The summed E-state index contributed by atoms with van der Waals surface area (Å²) in [5, 5.41) is 2.79. The highest BCUT2D eigenvalue weighted by molar-refractivity contribution is 7.91. The zero-order chi connectivity index (χ0) is 19.6. The number of benzene rings is 1. The minimum Gasteiger partial charge on any atom is -0.497 e. The summed E-state index contributed by atoms with van der Waals surface area (Å²) in [5.74, 6) is 0.921. The molecule has 1 aromatic carbocycles. The lowest BCUT2D eigenvalue weighted by atomic mass is 10.2. The Morgan fingerprint density at radius 3 is 2.56 bits per heavy atom. The molecule has 0 radical (unpaired) electrons. The second-order valence-electron chi connectivity index (χ2n) is 6.54. The SMILES string of the molecule is COc1ccc(NC(=O)c2cc(C)nc(N(C)C3CCS(=O)(=O)C3)n2)cc1. The lowest BCUT2D eigenvalue weighted by molar-refractivity contribution is 0.102. The number of amides is 1. The van der Waals surface area contributed by atoms with E-state index in [0.717, 1.165) is 0 Å². The van der Waals surface area contributed by atoms with Crippen molar-refractivity contribution in [3.8, 4) is 5.75 Å². The predicted molar refractivity (Wildman–Crippen MR) is 103 cm³/mol. The first-order valence-electron chi connectivity index (χ1n) is 8.52. The highest BCUT2D eigenvalue weighted by Crippen LogP contribution is 2.21. The molecule has 8 nitrogen and oxygen atoms in total. The van der Waals surface area contributed by atoms with Crippen LogP contribution in [0.15, 0.2) is 30.3 Å². The molecule has 144 valence electrons. The molecule has 9 heteroatoms. The van der Waals surface area contributed by atoms with Crippen LogP contribution in [0.25, 0.3) is 0 Å². The van der Waals surface area contributed by atoms with E-state index in [9.17, 15) is 13.2 Å². The van der Waals surface area contributed by atoms with Crippen LogP contribution in [0.2, 0.25) is 0 Å². The maximum absolute atomic E-state index is 12.6. The number of nitrogens with one attached hydrogen (secondary N) is 1. The summed E-state index contributed by atoms with van der Waals surface area (Å²) < 4.78 is 28.6. The van der Waals surface area contributed by atoms with Gasteiger partial charge >= 0.3 is 0 Å². The van der Waals surface area contributed by atoms with Crippen LogP contribution in [-0.4, -0.2) is 56.0 Å². The Kier molecular flexibility index (Phi) is 5.31. The van der Waals surface area contributed by atoms with Crippen LogP contribution < -0.4 is 15.0 Å². The zero-order valence-corrected chi connectivity index (χ0v) is 16.3. The summed E-state index contributed by atoms with van der Waals surface area (Å²) in [6.07, 6.45) is 0.531. The van der Waals surface area contributed by atoms with Gasteiger partial charge in [0, 0.05) is 24.5 Å². The smallest absolute Gasteiger partial charge is 0.274 e. The quantitative estimate of drug-likeness (QED) is 0.828. The van der Waals surface area contributed by atoms with E-state index < -0.39 is 9.84 Å². The molecule has 0 aliphatic carbocycles. The van der Waals surface area contributed by atoms with Crippen LogP contribution in [0, 0.1) is 6.92 Å². The van der Waals surface area contributed by atoms with Gasteiger partial charge in [0.1, 0.15) is 11.4 Å². The van der Waals surface area contributed by atoms with Gasteiger partial charge in [-0.05, 0) is 43.7 Å². The molecule has 1 saturated heterocycles. The molecule has 1 atom stereocenters. The van der Waals surface area contributed by atoms with E-state index in [1.807, 2.05) is 0 Å².